The maximum Gasteiger partial charge on any atom is 0.142 e. The molecule has 0 aromatic rings. The van der Waals surface area contributed by atoms with Crippen LogP contribution in [0.4, 0.5) is 0 Å². The number of rotatable bonds is 29. The average molecular weight is 1720 g/mol. The molecule has 26 nitrogen and oxygen atoms in total. The van der Waals surface area contributed by atoms with Crippen molar-refractivity contribution in [1.29, 1.82) is 0 Å². The minimum atomic E-state index is -0.212. The summed E-state index contributed by atoms with van der Waals surface area (Å²) in [6, 6.07) is 0.314. The molecule has 0 saturated carbocycles. The Morgan fingerprint density at radius 1 is 0.276 bits per heavy atom. The topological polar surface area (TPSA) is 253 Å². The summed E-state index contributed by atoms with van der Waals surface area (Å²) in [5.74, 6) is 6.30. The number of hydrogen-bond donors (Lipinski definition) is 14. The van der Waals surface area contributed by atoms with Gasteiger partial charge < -0.3 is 57.2 Å². The number of nitrogens with zero attached hydrogens (tertiary/aromatic N) is 9. The molecule has 11 heterocycles. The van der Waals surface area contributed by atoms with E-state index in [1.165, 1.54) is 0 Å². The molecule has 706 valence electrons. The SMILES string of the molecule is CCCC(N=C1C=C(N(CCN(C2=CC(=NC(CCC)C3CC(C)(C)NC(C)(C)C3)NN(OC3CC(C)(C)NC(C)(C)C3)N2)C2CC(C)(C)NC(C)(C)C2)CCN(C2=CC(=NC(CCC)C3CC(C)(C)NC(C)(C)C3)NN(OC3CC(C)(C)NC(C)(C)C3)N2)C2CC(C)(C)NC(C)(C)C2)NN(OC2CC(C)(C)NC(C)(C)C2)N1)C1CC(C)(C)NC(C)(C)C1. The number of aliphatic imine (C=N–C) groups is 3. The van der Waals surface area contributed by atoms with Gasteiger partial charge in [-0.1, -0.05) is 40.0 Å². The maximum absolute atomic E-state index is 7.49. The number of hydrazine groups is 6. The summed E-state index contributed by atoms with van der Waals surface area (Å²) < 4.78 is 0. The van der Waals surface area contributed by atoms with Gasteiger partial charge in [0, 0.05) is 145 Å². The van der Waals surface area contributed by atoms with Gasteiger partial charge in [-0.2, -0.15) is 0 Å². The van der Waals surface area contributed by atoms with E-state index in [0.29, 0.717) is 43.9 Å². The van der Waals surface area contributed by atoms with Crippen molar-refractivity contribution >= 4 is 17.5 Å². The summed E-state index contributed by atoms with van der Waals surface area (Å²) in [4.78, 5) is 48.4. The molecule has 14 N–H and O–H groups in total. The van der Waals surface area contributed by atoms with E-state index in [2.05, 4.69) is 350 Å². The maximum atomic E-state index is 7.49. The Hall–Kier alpha value is -4.13. The zero-order valence-electron chi connectivity index (χ0n) is 84.7. The molecule has 26 heteroatoms. The van der Waals surface area contributed by atoms with E-state index < -0.39 is 0 Å². The largest absolute Gasteiger partial charge is 0.354 e. The minimum Gasteiger partial charge on any atom is -0.354 e. The fourth-order valence-electron chi connectivity index (χ4n) is 26.9. The van der Waals surface area contributed by atoms with Gasteiger partial charge in [-0.25, -0.2) is 0 Å². The molecular weight excluding hydrogens is 1540 g/mol. The first kappa shape index (κ1) is 99.4. The van der Waals surface area contributed by atoms with Gasteiger partial charge in [-0.05, 0) is 377 Å². The zero-order valence-corrected chi connectivity index (χ0v) is 84.7. The fraction of sp³-hybridized carbons (Fsp3) is 0.907. The first-order valence-electron chi connectivity index (χ1n) is 48.8. The molecular formula is C97H185N23O3. The molecule has 8 fully saturated rings. The first-order valence-corrected chi connectivity index (χ1v) is 48.8. The fourth-order valence-corrected chi connectivity index (χ4v) is 26.9. The van der Waals surface area contributed by atoms with Gasteiger partial charge in [0.15, 0.2) is 0 Å². The first-order chi connectivity index (χ1) is 56.2. The van der Waals surface area contributed by atoms with Crippen molar-refractivity contribution in [3.05, 3.63) is 35.7 Å². The molecule has 3 unspecified atom stereocenters. The summed E-state index contributed by atoms with van der Waals surface area (Å²) in [5, 5.41) is 37.7. The standard InChI is InChI=1S/C97H185N23O3/c1-36-39-73(65-49-82(4,5)107-83(6,7)50-65)98-76-46-79(104-118(101-76)121-70-59-92(24,25)112-93(26,27)60-70)115(42-44-116(68-55-88(16,17)110-89(18,19)56-68)80-47-77(99-74(40-37-2)66-51-84(8,9)108-85(10,11)52-66)102-119(105-80)122-71-61-94(28,29)113-95(30,31)62-71)43-45-117(69-57-90(20,21)111-91(22,23)58-69)81-48-78(100-75(41-38-3)67-53-86(12,13)109-87(14,15)54-67)103-120(106-81)123-72-63-96(32,33)114-97(34,35)64-72/h46-48,65-75,104-114H,36-45,49-64H2,1-35H3,(H,98,101)(H,99,102)(H,100,103). The van der Waals surface area contributed by atoms with Crippen LogP contribution in [0, 0.1) is 17.8 Å². The quantitative estimate of drug-likeness (QED) is 0.0332. The highest BCUT2D eigenvalue weighted by Gasteiger charge is 2.51. The predicted molar refractivity (Wildman–Crippen MR) is 509 cm³/mol. The zero-order chi connectivity index (χ0) is 90.9. The second kappa shape index (κ2) is 36.6. The molecule has 0 aromatic carbocycles. The van der Waals surface area contributed by atoms with Crippen molar-refractivity contribution < 1.29 is 14.5 Å². The summed E-state index contributed by atoms with van der Waals surface area (Å²) in [6.07, 6.45) is 27.3. The van der Waals surface area contributed by atoms with Gasteiger partial charge in [-0.15, -0.1) is 0 Å². The number of nitrogens with one attached hydrogen (secondary N) is 14. The lowest BCUT2D eigenvalue weighted by Gasteiger charge is -2.52. The Bertz CT molecular complexity index is 3460. The lowest BCUT2D eigenvalue weighted by atomic mass is 9.72. The van der Waals surface area contributed by atoms with Gasteiger partial charge in [0.2, 0.25) is 0 Å². The van der Waals surface area contributed by atoms with Crippen LogP contribution < -0.4 is 75.1 Å². The van der Waals surface area contributed by atoms with E-state index in [-0.39, 0.29) is 137 Å². The van der Waals surface area contributed by atoms with E-state index in [0.717, 1.165) is 176 Å². The Labute approximate surface area is 749 Å². The van der Waals surface area contributed by atoms with Crippen LogP contribution in [0.15, 0.2) is 50.7 Å². The van der Waals surface area contributed by atoms with Crippen LogP contribution in [-0.2, 0) is 14.5 Å². The van der Waals surface area contributed by atoms with Crippen LogP contribution in [0.25, 0.3) is 0 Å². The van der Waals surface area contributed by atoms with Crippen molar-refractivity contribution in [1.82, 2.24) is 106 Å². The second-order valence-corrected chi connectivity index (χ2v) is 51.3. The van der Waals surface area contributed by atoms with Crippen LogP contribution in [0.3, 0.4) is 0 Å². The number of piperidine rings is 8. The smallest absolute Gasteiger partial charge is 0.142 e. The molecule has 0 aliphatic carbocycles. The average Bonchev–Trinajstić information content (AvgIpc) is 0.771. The molecule has 0 aromatic heterocycles. The summed E-state index contributed by atoms with van der Waals surface area (Å²) in [6.45, 7) is 84.9. The monoisotopic (exact) mass is 1720 g/mol. The molecule has 11 aliphatic heterocycles. The van der Waals surface area contributed by atoms with Crippen LogP contribution in [0.1, 0.15) is 384 Å². The third-order valence-electron chi connectivity index (χ3n) is 27.7. The molecule has 0 amide bonds. The van der Waals surface area contributed by atoms with Crippen molar-refractivity contribution in [2.45, 2.75) is 521 Å². The number of amidine groups is 3. The van der Waals surface area contributed by atoms with Crippen LogP contribution >= 0.6 is 0 Å². The predicted octanol–water partition coefficient (Wildman–Crippen LogP) is 15.1. The van der Waals surface area contributed by atoms with Gasteiger partial charge >= 0.3 is 0 Å². The van der Waals surface area contributed by atoms with Crippen molar-refractivity contribution in [2.75, 3.05) is 26.2 Å². The Morgan fingerprint density at radius 2 is 0.472 bits per heavy atom. The molecule has 0 bridgehead atoms. The molecule has 8 saturated heterocycles. The number of hydrogen-bond acceptors (Lipinski definition) is 23. The van der Waals surface area contributed by atoms with E-state index in [4.69, 9.17) is 29.5 Å². The van der Waals surface area contributed by atoms with E-state index in [1.54, 1.807) is 0 Å². The molecule has 11 rings (SSSR count). The molecule has 0 radical (unpaired) electrons. The van der Waals surface area contributed by atoms with Gasteiger partial charge in [-0.3, -0.25) is 62.0 Å². The van der Waals surface area contributed by atoms with Crippen molar-refractivity contribution in [2.24, 2.45) is 32.7 Å². The van der Waals surface area contributed by atoms with E-state index in [9.17, 15) is 0 Å². The Balaban J connectivity index is 1.10. The highest BCUT2D eigenvalue weighted by atomic mass is 16.8. The second-order valence-electron chi connectivity index (χ2n) is 51.3. The van der Waals surface area contributed by atoms with Crippen LogP contribution in [0.2, 0.25) is 0 Å². The molecule has 0 spiro atoms. The normalized spacial score (nSPS) is 30.1. The Morgan fingerprint density at radius 3 is 0.691 bits per heavy atom. The van der Waals surface area contributed by atoms with E-state index in [1.807, 2.05) is 15.8 Å². The highest BCUT2D eigenvalue weighted by molar-refractivity contribution is 5.94. The van der Waals surface area contributed by atoms with E-state index >= 15 is 0 Å². The van der Waals surface area contributed by atoms with Crippen molar-refractivity contribution in [3.63, 3.8) is 0 Å². The lowest BCUT2D eigenvalue weighted by molar-refractivity contribution is -0.263. The Kier molecular flexibility index (Phi) is 29.6. The van der Waals surface area contributed by atoms with Crippen LogP contribution in [-0.4, -0.2) is 211 Å². The molecule has 3 atom stereocenters. The van der Waals surface area contributed by atoms with Gasteiger partial charge in [0.05, 0.1) is 36.4 Å². The lowest BCUT2D eigenvalue weighted by Crippen LogP contribution is -2.66. The van der Waals surface area contributed by atoms with Gasteiger partial charge in [0.1, 0.15) is 35.0 Å². The third kappa shape index (κ3) is 28.7. The van der Waals surface area contributed by atoms with Gasteiger partial charge in [0.25, 0.3) is 0 Å². The summed E-state index contributed by atoms with van der Waals surface area (Å²) >= 11 is 0. The minimum absolute atomic E-state index is 0.0429. The highest BCUT2D eigenvalue weighted by Crippen LogP contribution is 2.44. The summed E-state index contributed by atoms with van der Waals surface area (Å²) in [7, 11) is 0. The molecule has 11 aliphatic rings. The summed E-state index contributed by atoms with van der Waals surface area (Å²) in [5.41, 5.74) is 21.3. The van der Waals surface area contributed by atoms with Crippen molar-refractivity contribution in [3.8, 4) is 0 Å². The molecule has 123 heavy (non-hydrogen) atoms. The van der Waals surface area contributed by atoms with Crippen LogP contribution in [0.5, 0.6) is 0 Å². The third-order valence-corrected chi connectivity index (χ3v) is 27.7.